The molecule has 1 aromatic rings. The first-order chi connectivity index (χ1) is 4.83. The van der Waals surface area contributed by atoms with Crippen molar-refractivity contribution in [3.05, 3.63) is 24.0 Å². The maximum absolute atomic E-state index is 8.80. The van der Waals surface area contributed by atoms with Gasteiger partial charge in [-0.05, 0) is 12.1 Å². The molecule has 0 aromatic carbocycles. The van der Waals surface area contributed by atoms with Crippen molar-refractivity contribution < 1.29 is 10.2 Å². The Morgan fingerprint density at radius 3 is 2.70 bits per heavy atom. The van der Waals surface area contributed by atoms with Crippen LogP contribution >= 0.6 is 0 Å². The summed E-state index contributed by atoms with van der Waals surface area (Å²) < 4.78 is 0. The number of aromatic hydroxyl groups is 1. The van der Waals surface area contributed by atoms with Gasteiger partial charge in [0.05, 0.1) is 6.20 Å². The first-order valence-corrected chi connectivity index (χ1v) is 3.07. The van der Waals surface area contributed by atoms with Crippen LogP contribution in [0.2, 0.25) is 0 Å². The molecule has 0 amide bonds. The molecule has 0 saturated heterocycles. The van der Waals surface area contributed by atoms with Crippen LogP contribution in [0.5, 0.6) is 5.75 Å². The summed E-state index contributed by atoms with van der Waals surface area (Å²) in [6, 6.07) is 3.24. The Labute approximate surface area is 59.0 Å². The van der Waals surface area contributed by atoms with Crippen LogP contribution in [0.3, 0.4) is 0 Å². The summed E-state index contributed by atoms with van der Waals surface area (Å²) in [6.07, 6.45) is 1.91. The van der Waals surface area contributed by atoms with Gasteiger partial charge < -0.3 is 10.2 Å². The molecule has 1 aromatic heterocycles. The van der Waals surface area contributed by atoms with Gasteiger partial charge in [-0.3, -0.25) is 4.98 Å². The van der Waals surface area contributed by atoms with E-state index < -0.39 is 0 Å². The van der Waals surface area contributed by atoms with E-state index in [1.54, 1.807) is 12.1 Å². The number of aliphatic hydroxyl groups excluding tert-OH is 1. The number of aromatic nitrogens is 1. The van der Waals surface area contributed by atoms with E-state index >= 15 is 0 Å². The van der Waals surface area contributed by atoms with Crippen molar-refractivity contribution in [3.63, 3.8) is 0 Å². The van der Waals surface area contributed by atoms with Gasteiger partial charge >= 0.3 is 0 Å². The maximum Gasteiger partial charge on any atom is 0.133 e. The number of pyridine rings is 1. The van der Waals surface area contributed by atoms with Crippen molar-refractivity contribution in [1.29, 1.82) is 0 Å². The summed E-state index contributed by atoms with van der Waals surface area (Å²) in [4.78, 5) is 3.86. The normalized spacial score (nSPS) is 9.70. The third-order valence-electron chi connectivity index (χ3n) is 1.18. The molecule has 1 rings (SSSR count). The summed E-state index contributed by atoms with van der Waals surface area (Å²) in [6.45, 7) is 0.0950. The Bertz CT molecular complexity index is 195. The quantitative estimate of drug-likeness (QED) is 0.620. The smallest absolute Gasteiger partial charge is 0.133 e. The molecule has 2 N–H and O–H groups in total. The Hall–Kier alpha value is -1.09. The second-order valence-corrected chi connectivity index (χ2v) is 1.98. The van der Waals surface area contributed by atoms with Gasteiger partial charge in [0.25, 0.3) is 0 Å². The third-order valence-corrected chi connectivity index (χ3v) is 1.18. The van der Waals surface area contributed by atoms with Crippen LogP contribution in [-0.2, 0) is 6.42 Å². The number of aliphatic hydroxyl groups is 1. The summed E-state index contributed by atoms with van der Waals surface area (Å²) in [5.41, 5.74) is 0.792. The molecule has 0 aliphatic rings. The lowest BCUT2D eigenvalue weighted by Crippen LogP contribution is -1.92. The Morgan fingerprint density at radius 1 is 1.40 bits per heavy atom. The zero-order chi connectivity index (χ0) is 7.40. The molecule has 0 spiro atoms. The van der Waals surface area contributed by atoms with E-state index in [0.29, 0.717) is 6.42 Å². The van der Waals surface area contributed by atoms with E-state index in [1.807, 2.05) is 0 Å². The van der Waals surface area contributed by atoms with E-state index in [1.165, 1.54) is 6.20 Å². The predicted octanol–water partition coefficient (Wildman–Crippen LogP) is 0.322. The number of hydrogen-bond donors (Lipinski definition) is 2. The highest BCUT2D eigenvalue weighted by Gasteiger charge is 1.91. The Balaban J connectivity index is 2.69. The lowest BCUT2D eigenvalue weighted by Gasteiger charge is -1.95. The molecule has 0 saturated carbocycles. The van der Waals surface area contributed by atoms with Crippen molar-refractivity contribution in [1.82, 2.24) is 4.98 Å². The van der Waals surface area contributed by atoms with Crippen molar-refractivity contribution in [2.45, 2.75) is 6.42 Å². The maximum atomic E-state index is 8.80. The highest BCUT2D eigenvalue weighted by molar-refractivity contribution is 5.17. The van der Waals surface area contributed by atoms with Crippen LogP contribution in [0, 0.1) is 0 Å². The summed E-state index contributed by atoms with van der Waals surface area (Å²) in [7, 11) is 0. The topological polar surface area (TPSA) is 53.4 Å². The molecule has 0 fully saturated rings. The van der Waals surface area contributed by atoms with Crippen molar-refractivity contribution >= 4 is 0 Å². The standard InChI is InChI=1S/C7H9NO2/c9-4-3-6-1-2-7(10)5-8-6/h1-2,5,9-10H,3-4H2. The molecule has 0 bridgehead atoms. The van der Waals surface area contributed by atoms with Crippen molar-refractivity contribution in [3.8, 4) is 5.75 Å². The van der Waals surface area contributed by atoms with Crippen LogP contribution in [0.25, 0.3) is 0 Å². The van der Waals surface area contributed by atoms with Gasteiger partial charge in [-0.2, -0.15) is 0 Å². The Kier molecular flexibility index (Phi) is 2.23. The highest BCUT2D eigenvalue weighted by Crippen LogP contribution is 2.05. The summed E-state index contributed by atoms with van der Waals surface area (Å²) in [5.74, 6) is 0.154. The third kappa shape index (κ3) is 1.70. The first kappa shape index (κ1) is 7.02. The first-order valence-electron chi connectivity index (χ1n) is 3.07. The fourth-order valence-electron chi connectivity index (χ4n) is 0.679. The molecular weight excluding hydrogens is 130 g/mol. The predicted molar refractivity (Wildman–Crippen MR) is 36.7 cm³/mol. The van der Waals surface area contributed by atoms with E-state index in [2.05, 4.69) is 4.98 Å². The lowest BCUT2D eigenvalue weighted by atomic mass is 10.3. The minimum Gasteiger partial charge on any atom is -0.506 e. The molecule has 3 nitrogen and oxygen atoms in total. The average molecular weight is 139 g/mol. The monoisotopic (exact) mass is 139 g/mol. The zero-order valence-electron chi connectivity index (χ0n) is 5.49. The molecule has 54 valence electrons. The Morgan fingerprint density at radius 2 is 2.20 bits per heavy atom. The number of nitrogens with zero attached hydrogens (tertiary/aromatic N) is 1. The second kappa shape index (κ2) is 3.17. The van der Waals surface area contributed by atoms with Crippen LogP contribution in [0.1, 0.15) is 5.69 Å². The molecule has 0 atom stereocenters. The lowest BCUT2D eigenvalue weighted by molar-refractivity contribution is 0.298. The summed E-state index contributed by atoms with van der Waals surface area (Å²) >= 11 is 0. The second-order valence-electron chi connectivity index (χ2n) is 1.98. The van der Waals surface area contributed by atoms with Crippen LogP contribution in [0.15, 0.2) is 18.3 Å². The van der Waals surface area contributed by atoms with Crippen LogP contribution in [-0.4, -0.2) is 21.8 Å². The van der Waals surface area contributed by atoms with Crippen molar-refractivity contribution in [2.24, 2.45) is 0 Å². The molecule has 0 aliphatic heterocycles. The molecule has 0 aliphatic carbocycles. The molecule has 0 radical (unpaired) electrons. The molecule has 1 heterocycles. The van der Waals surface area contributed by atoms with Gasteiger partial charge in [0.15, 0.2) is 0 Å². The van der Waals surface area contributed by atoms with Crippen LogP contribution in [0.4, 0.5) is 0 Å². The van der Waals surface area contributed by atoms with E-state index in [9.17, 15) is 0 Å². The minimum absolute atomic E-state index is 0.0950. The minimum atomic E-state index is 0.0950. The highest BCUT2D eigenvalue weighted by atomic mass is 16.3. The van der Waals surface area contributed by atoms with Gasteiger partial charge in [-0.15, -0.1) is 0 Å². The van der Waals surface area contributed by atoms with Gasteiger partial charge in [-0.1, -0.05) is 0 Å². The van der Waals surface area contributed by atoms with Gasteiger partial charge in [0.2, 0.25) is 0 Å². The van der Waals surface area contributed by atoms with Gasteiger partial charge in [0.1, 0.15) is 5.75 Å². The zero-order valence-corrected chi connectivity index (χ0v) is 5.49. The van der Waals surface area contributed by atoms with Crippen molar-refractivity contribution in [2.75, 3.05) is 6.61 Å². The van der Waals surface area contributed by atoms with E-state index in [0.717, 1.165) is 5.69 Å². The molecular formula is C7H9NO2. The van der Waals surface area contributed by atoms with E-state index in [-0.39, 0.29) is 12.4 Å². The van der Waals surface area contributed by atoms with Gasteiger partial charge in [0, 0.05) is 18.7 Å². The molecule has 10 heavy (non-hydrogen) atoms. The van der Waals surface area contributed by atoms with Crippen LogP contribution < -0.4 is 0 Å². The van der Waals surface area contributed by atoms with Gasteiger partial charge in [-0.25, -0.2) is 0 Å². The fraction of sp³-hybridized carbons (Fsp3) is 0.286. The summed E-state index contributed by atoms with van der Waals surface area (Å²) in [5, 5.41) is 17.3. The largest absolute Gasteiger partial charge is 0.506 e. The molecule has 3 heteroatoms. The van der Waals surface area contributed by atoms with E-state index in [4.69, 9.17) is 10.2 Å². The average Bonchev–Trinajstić information content (AvgIpc) is 1.95. The number of hydrogen-bond acceptors (Lipinski definition) is 3. The SMILES string of the molecule is OCCc1ccc(O)cn1. The fourth-order valence-corrected chi connectivity index (χ4v) is 0.679. The molecule has 0 unspecified atom stereocenters. The number of rotatable bonds is 2.